The zero-order valence-electron chi connectivity index (χ0n) is 16.1. The number of carbonyl (C=O) groups excluding carboxylic acids is 1. The van der Waals surface area contributed by atoms with Crippen LogP contribution >= 0.6 is 15.9 Å². The minimum atomic E-state index is -0.156. The van der Waals surface area contributed by atoms with E-state index in [1.54, 1.807) is 0 Å². The maximum absolute atomic E-state index is 13.4. The summed E-state index contributed by atoms with van der Waals surface area (Å²) in [6.45, 7) is 1.28. The summed E-state index contributed by atoms with van der Waals surface area (Å²) in [6.07, 6.45) is 1.15. The van der Waals surface area contributed by atoms with Crippen LogP contribution in [0.25, 0.3) is 0 Å². The number of nitrogens with zero attached hydrogens (tertiary/aromatic N) is 1. The lowest BCUT2D eigenvalue weighted by Gasteiger charge is -2.26. The van der Waals surface area contributed by atoms with E-state index in [1.165, 1.54) is 0 Å². The molecule has 1 aliphatic heterocycles. The van der Waals surface area contributed by atoms with Crippen molar-refractivity contribution in [1.29, 1.82) is 0 Å². The number of fused-ring (bicyclic) bond motifs is 1. The molecule has 3 aromatic carbocycles. The molecule has 1 aliphatic rings. The summed E-state index contributed by atoms with van der Waals surface area (Å²) in [4.78, 5) is 15.3. The largest absolute Gasteiger partial charge is 0.491 e. The van der Waals surface area contributed by atoms with Crippen LogP contribution in [0.2, 0.25) is 0 Å². The van der Waals surface area contributed by atoms with Crippen molar-refractivity contribution >= 4 is 33.2 Å². The Morgan fingerprint density at radius 1 is 1.00 bits per heavy atom. The summed E-state index contributed by atoms with van der Waals surface area (Å²) in [5, 5.41) is 3.54. The van der Waals surface area contributed by atoms with Crippen LogP contribution in [0.1, 0.15) is 24.4 Å². The average molecular weight is 451 g/mol. The molecule has 0 saturated heterocycles. The van der Waals surface area contributed by atoms with E-state index < -0.39 is 0 Å². The van der Waals surface area contributed by atoms with Crippen LogP contribution in [0, 0.1) is 0 Å². The van der Waals surface area contributed by atoms with Crippen molar-refractivity contribution in [3.05, 3.63) is 88.9 Å². The smallest absolute Gasteiger partial charge is 0.229 e. The Morgan fingerprint density at radius 3 is 2.55 bits per heavy atom. The molecule has 5 heteroatoms. The lowest BCUT2D eigenvalue weighted by molar-refractivity contribution is -0.118. The van der Waals surface area contributed by atoms with E-state index in [0.717, 1.165) is 33.6 Å². The molecule has 1 N–H and O–H groups in total. The van der Waals surface area contributed by atoms with Gasteiger partial charge in [-0.3, -0.25) is 4.79 Å². The highest BCUT2D eigenvalue weighted by molar-refractivity contribution is 9.10. The number of amides is 1. The van der Waals surface area contributed by atoms with Gasteiger partial charge in [0.05, 0.1) is 24.8 Å². The molecular weight excluding hydrogens is 428 g/mol. The molecule has 1 heterocycles. The van der Waals surface area contributed by atoms with Crippen LogP contribution in [0.15, 0.2) is 83.3 Å². The molecule has 0 bridgehead atoms. The SMILES string of the molecule is O=C(C[C@H](Nc1ccccc1)c1ccccc1Br)N1CCCOc2ccccc21. The Balaban J connectivity index is 1.62. The van der Waals surface area contributed by atoms with Crippen molar-refractivity contribution in [1.82, 2.24) is 0 Å². The molecule has 1 amide bonds. The van der Waals surface area contributed by atoms with E-state index in [2.05, 4.69) is 27.3 Å². The number of rotatable bonds is 5. The number of benzene rings is 3. The van der Waals surface area contributed by atoms with Crippen LogP contribution in [0.5, 0.6) is 5.75 Å². The first-order valence-electron chi connectivity index (χ1n) is 9.80. The minimum absolute atomic E-state index is 0.0761. The van der Waals surface area contributed by atoms with E-state index >= 15 is 0 Å². The van der Waals surface area contributed by atoms with Crippen molar-refractivity contribution in [3.8, 4) is 5.75 Å². The molecule has 4 nitrogen and oxygen atoms in total. The topological polar surface area (TPSA) is 41.6 Å². The van der Waals surface area contributed by atoms with Gasteiger partial charge in [0, 0.05) is 16.7 Å². The maximum Gasteiger partial charge on any atom is 0.229 e. The molecule has 0 spiro atoms. The van der Waals surface area contributed by atoms with Crippen molar-refractivity contribution in [2.24, 2.45) is 0 Å². The predicted molar refractivity (Wildman–Crippen MR) is 120 cm³/mol. The van der Waals surface area contributed by atoms with E-state index in [0.29, 0.717) is 19.6 Å². The summed E-state index contributed by atoms with van der Waals surface area (Å²) in [6, 6.07) is 25.7. The normalized spacial score (nSPS) is 14.3. The second-order valence-corrected chi connectivity index (χ2v) is 7.86. The van der Waals surface area contributed by atoms with Crippen molar-refractivity contribution in [3.63, 3.8) is 0 Å². The fourth-order valence-electron chi connectivity index (χ4n) is 3.60. The number of para-hydroxylation sites is 3. The number of ether oxygens (including phenoxy) is 1. The highest BCUT2D eigenvalue weighted by Crippen LogP contribution is 2.34. The van der Waals surface area contributed by atoms with Gasteiger partial charge in [0.15, 0.2) is 0 Å². The van der Waals surface area contributed by atoms with E-state index in [-0.39, 0.29) is 11.9 Å². The predicted octanol–water partition coefficient (Wildman–Crippen LogP) is 5.81. The van der Waals surface area contributed by atoms with E-state index in [1.807, 2.05) is 77.7 Å². The summed E-state index contributed by atoms with van der Waals surface area (Å²) in [7, 11) is 0. The first-order valence-corrected chi connectivity index (χ1v) is 10.6. The van der Waals surface area contributed by atoms with E-state index in [4.69, 9.17) is 4.74 Å². The number of halogens is 1. The highest BCUT2D eigenvalue weighted by Gasteiger charge is 2.26. The first-order chi connectivity index (χ1) is 14.2. The Labute approximate surface area is 179 Å². The number of nitrogens with one attached hydrogen (secondary N) is 1. The molecule has 0 radical (unpaired) electrons. The fourth-order valence-corrected chi connectivity index (χ4v) is 4.16. The average Bonchev–Trinajstić information content (AvgIpc) is 2.97. The second kappa shape index (κ2) is 9.14. The van der Waals surface area contributed by atoms with E-state index in [9.17, 15) is 4.79 Å². The Kier molecular flexibility index (Phi) is 6.15. The van der Waals surface area contributed by atoms with Crippen LogP contribution in [-0.2, 0) is 4.79 Å². The molecule has 0 saturated carbocycles. The molecule has 0 aliphatic carbocycles. The summed E-state index contributed by atoms with van der Waals surface area (Å²) < 4.78 is 6.80. The molecule has 1 atom stereocenters. The Hall–Kier alpha value is -2.79. The summed E-state index contributed by atoms with van der Waals surface area (Å²) >= 11 is 3.65. The third kappa shape index (κ3) is 4.62. The van der Waals surface area contributed by atoms with Gasteiger partial charge in [-0.15, -0.1) is 0 Å². The van der Waals surface area contributed by atoms with Gasteiger partial charge >= 0.3 is 0 Å². The zero-order valence-corrected chi connectivity index (χ0v) is 17.6. The zero-order chi connectivity index (χ0) is 20.1. The molecule has 148 valence electrons. The molecule has 0 aromatic heterocycles. The quantitative estimate of drug-likeness (QED) is 0.533. The lowest BCUT2D eigenvalue weighted by atomic mass is 10.0. The third-order valence-corrected chi connectivity index (χ3v) is 5.74. The van der Waals surface area contributed by atoms with Crippen LogP contribution in [0.3, 0.4) is 0 Å². The third-order valence-electron chi connectivity index (χ3n) is 5.01. The van der Waals surface area contributed by atoms with Crippen molar-refractivity contribution in [2.45, 2.75) is 18.9 Å². The molecule has 0 fully saturated rings. The van der Waals surface area contributed by atoms with Gasteiger partial charge in [-0.05, 0) is 42.3 Å². The number of hydrogen-bond donors (Lipinski definition) is 1. The molecule has 29 heavy (non-hydrogen) atoms. The standard InChI is InChI=1S/C24H23BrN2O2/c25-20-12-5-4-11-19(20)21(26-18-9-2-1-3-10-18)17-24(28)27-15-8-16-29-23-14-7-6-13-22(23)27/h1-7,9-14,21,26H,8,15-17H2/t21-/m0/s1. The maximum atomic E-state index is 13.4. The molecule has 0 unspecified atom stereocenters. The molecule has 4 rings (SSSR count). The van der Waals surface area contributed by atoms with Gasteiger partial charge in [-0.1, -0.05) is 64.5 Å². The van der Waals surface area contributed by atoms with Gasteiger partial charge in [-0.2, -0.15) is 0 Å². The lowest BCUT2D eigenvalue weighted by Crippen LogP contribution is -2.33. The number of carbonyl (C=O) groups is 1. The summed E-state index contributed by atoms with van der Waals surface area (Å²) in [5.41, 5.74) is 2.89. The highest BCUT2D eigenvalue weighted by atomic mass is 79.9. The second-order valence-electron chi connectivity index (χ2n) is 7.00. The minimum Gasteiger partial charge on any atom is -0.491 e. The number of hydrogen-bond acceptors (Lipinski definition) is 3. The van der Waals surface area contributed by atoms with Gasteiger partial charge in [0.2, 0.25) is 5.91 Å². The first kappa shape index (κ1) is 19.5. The molecular formula is C24H23BrN2O2. The van der Waals surface area contributed by atoms with Crippen LogP contribution in [0.4, 0.5) is 11.4 Å². The van der Waals surface area contributed by atoms with Crippen molar-refractivity contribution in [2.75, 3.05) is 23.4 Å². The number of anilines is 2. The summed E-state index contributed by atoms with van der Waals surface area (Å²) in [5.74, 6) is 0.846. The Morgan fingerprint density at radius 2 is 1.72 bits per heavy atom. The molecule has 3 aromatic rings. The van der Waals surface area contributed by atoms with Crippen LogP contribution in [-0.4, -0.2) is 19.1 Å². The Bertz CT molecular complexity index is 977. The van der Waals surface area contributed by atoms with Crippen LogP contribution < -0.4 is 15.0 Å². The fraction of sp³-hybridized carbons (Fsp3) is 0.208. The van der Waals surface area contributed by atoms with Gasteiger partial charge in [0.25, 0.3) is 0 Å². The van der Waals surface area contributed by atoms with Crippen molar-refractivity contribution < 1.29 is 9.53 Å². The van der Waals surface area contributed by atoms with Gasteiger partial charge < -0.3 is 15.0 Å². The monoisotopic (exact) mass is 450 g/mol. The van der Waals surface area contributed by atoms with Gasteiger partial charge in [-0.25, -0.2) is 0 Å². The van der Waals surface area contributed by atoms with Gasteiger partial charge in [0.1, 0.15) is 5.75 Å².